The van der Waals surface area contributed by atoms with E-state index in [1.165, 1.54) is 24.5 Å². The molecule has 0 radical (unpaired) electrons. The van der Waals surface area contributed by atoms with E-state index in [-0.39, 0.29) is 11.9 Å². The molecule has 3 aromatic rings. The molecule has 2 unspecified atom stereocenters. The van der Waals surface area contributed by atoms with Crippen molar-refractivity contribution in [3.05, 3.63) is 47.8 Å². The Morgan fingerprint density at radius 1 is 1.29 bits per heavy atom. The van der Waals surface area contributed by atoms with Crippen molar-refractivity contribution in [1.82, 2.24) is 30.6 Å². The Bertz CT molecular complexity index is 1300. The standard InChI is InChI=1S/C22H22N8O3S/c1-33-18-7-13(4-5-15(18)21(32)26-22-27-29-30-28-22)16-9-23-10-17(25-16)19-8-14(11-34-19)24-20(31)6-12-2-3-12/h4-5,7-12,15,18H,2-3,6H2,1H3,(H,24,31)(H2,26,27,28,29,30,32)/i18D. The van der Waals surface area contributed by atoms with E-state index in [0.717, 1.165) is 23.4 Å². The maximum absolute atomic E-state index is 12.7. The molecule has 0 aromatic carbocycles. The molecule has 0 spiro atoms. The molecule has 0 aliphatic heterocycles. The van der Waals surface area contributed by atoms with Gasteiger partial charge in [-0.1, -0.05) is 17.3 Å². The zero-order valence-corrected chi connectivity index (χ0v) is 19.0. The van der Waals surface area contributed by atoms with Crippen LogP contribution in [0.15, 0.2) is 42.1 Å². The van der Waals surface area contributed by atoms with Crippen molar-refractivity contribution < 1.29 is 15.7 Å². The summed E-state index contributed by atoms with van der Waals surface area (Å²) in [5, 5.41) is 20.4. The van der Waals surface area contributed by atoms with Crippen LogP contribution in [0.25, 0.3) is 16.1 Å². The second-order valence-electron chi connectivity index (χ2n) is 7.95. The number of anilines is 2. The number of nitrogens with zero attached hydrogens (tertiary/aromatic N) is 5. The summed E-state index contributed by atoms with van der Waals surface area (Å²) in [5.74, 6) is -0.907. The van der Waals surface area contributed by atoms with Gasteiger partial charge in [0.05, 0.1) is 47.7 Å². The second kappa shape index (κ2) is 9.61. The SMILES string of the molecule is [2H]C1(OC)C=C(c2cncc(-c3cc(NC(=O)CC4CC4)cs3)n2)C=CC1C(=O)Nc1nn[nH]n1. The molecular weight excluding hydrogens is 456 g/mol. The van der Waals surface area contributed by atoms with Gasteiger partial charge in [-0.05, 0) is 36.1 Å². The lowest BCUT2D eigenvalue weighted by atomic mass is 9.91. The van der Waals surface area contributed by atoms with Crippen LogP contribution in [0, 0.1) is 11.8 Å². The Morgan fingerprint density at radius 3 is 2.91 bits per heavy atom. The lowest BCUT2D eigenvalue weighted by Gasteiger charge is -2.23. The van der Waals surface area contributed by atoms with E-state index in [4.69, 9.17) is 11.1 Å². The molecule has 2 aliphatic rings. The van der Waals surface area contributed by atoms with Crippen molar-refractivity contribution in [3.8, 4) is 10.6 Å². The molecule has 1 fully saturated rings. The number of nitrogens with one attached hydrogen (secondary N) is 3. The lowest BCUT2D eigenvalue weighted by Crippen LogP contribution is -2.33. The Morgan fingerprint density at radius 2 is 2.15 bits per heavy atom. The molecule has 1 saturated carbocycles. The normalized spacial score (nSPS) is 22.1. The molecule has 3 heterocycles. The Labute approximate surface area is 200 Å². The number of methoxy groups -OCH3 is 1. The Kier molecular flexibility index (Phi) is 5.88. The van der Waals surface area contributed by atoms with Gasteiger partial charge in [-0.2, -0.15) is 5.21 Å². The topological polar surface area (TPSA) is 148 Å². The molecule has 0 bridgehead atoms. The highest BCUT2D eigenvalue weighted by molar-refractivity contribution is 7.14. The summed E-state index contributed by atoms with van der Waals surface area (Å²) in [6, 6.07) is 1.87. The first-order valence-corrected chi connectivity index (χ1v) is 11.5. The lowest BCUT2D eigenvalue weighted by molar-refractivity contribution is -0.121. The van der Waals surface area contributed by atoms with Crippen LogP contribution < -0.4 is 10.6 Å². The fourth-order valence-corrected chi connectivity index (χ4v) is 4.30. The predicted molar refractivity (Wildman–Crippen MR) is 126 cm³/mol. The minimum atomic E-state index is -1.68. The summed E-state index contributed by atoms with van der Waals surface area (Å²) >= 11 is 1.46. The van der Waals surface area contributed by atoms with Crippen LogP contribution in [-0.4, -0.2) is 55.6 Å². The number of carbonyl (C=O) groups excluding carboxylic acids is 2. The molecular formula is C22H22N8O3S. The number of aromatic amines is 1. The maximum Gasteiger partial charge on any atom is 0.269 e. The number of tetrazole rings is 1. The quantitative estimate of drug-likeness (QED) is 0.447. The summed E-state index contributed by atoms with van der Waals surface area (Å²) in [6.45, 7) is 0. The van der Waals surface area contributed by atoms with Crippen LogP contribution in [0.1, 0.15) is 26.3 Å². The minimum Gasteiger partial charge on any atom is -0.376 e. The average Bonchev–Trinajstić information content (AvgIpc) is 3.30. The highest BCUT2D eigenvalue weighted by Crippen LogP contribution is 2.34. The number of aromatic nitrogens is 6. The highest BCUT2D eigenvalue weighted by atomic mass is 32.1. The monoisotopic (exact) mass is 479 g/mol. The number of amides is 2. The Hall–Kier alpha value is -3.77. The number of rotatable bonds is 8. The number of hydrogen-bond donors (Lipinski definition) is 3. The molecule has 174 valence electrons. The van der Waals surface area contributed by atoms with Crippen molar-refractivity contribution in [1.29, 1.82) is 0 Å². The average molecular weight is 480 g/mol. The van der Waals surface area contributed by atoms with Gasteiger partial charge in [0.2, 0.25) is 11.8 Å². The van der Waals surface area contributed by atoms with Crippen molar-refractivity contribution >= 4 is 40.4 Å². The van der Waals surface area contributed by atoms with Gasteiger partial charge in [0.25, 0.3) is 5.95 Å². The smallest absolute Gasteiger partial charge is 0.269 e. The molecule has 0 saturated heterocycles. The van der Waals surface area contributed by atoms with Gasteiger partial charge < -0.3 is 10.1 Å². The van der Waals surface area contributed by atoms with E-state index < -0.39 is 17.9 Å². The number of H-pyrrole nitrogens is 1. The number of ether oxygens (including phenoxy) is 1. The van der Waals surface area contributed by atoms with Gasteiger partial charge in [-0.3, -0.25) is 19.9 Å². The van der Waals surface area contributed by atoms with Crippen LogP contribution in [0.4, 0.5) is 11.6 Å². The molecule has 2 aliphatic carbocycles. The van der Waals surface area contributed by atoms with E-state index in [0.29, 0.717) is 29.3 Å². The summed E-state index contributed by atoms with van der Waals surface area (Å²) in [6.07, 6.45) is 9.17. The first-order chi connectivity index (χ1) is 16.9. The van der Waals surface area contributed by atoms with Gasteiger partial charge in [-0.15, -0.1) is 16.4 Å². The van der Waals surface area contributed by atoms with Gasteiger partial charge in [0.1, 0.15) is 0 Å². The third-order valence-corrected chi connectivity index (χ3v) is 6.36. The van der Waals surface area contributed by atoms with E-state index in [9.17, 15) is 9.59 Å². The number of carbonyl (C=O) groups is 2. The summed E-state index contributed by atoms with van der Waals surface area (Å²) in [4.78, 5) is 34.6. The Balaban J connectivity index is 1.33. The molecule has 3 aromatic heterocycles. The zero-order valence-electron chi connectivity index (χ0n) is 19.2. The predicted octanol–water partition coefficient (Wildman–Crippen LogP) is 2.68. The molecule has 12 heteroatoms. The first kappa shape index (κ1) is 20.8. The van der Waals surface area contributed by atoms with Crippen molar-refractivity contribution in [2.75, 3.05) is 17.7 Å². The third-order valence-electron chi connectivity index (χ3n) is 5.41. The maximum atomic E-state index is 12.7. The van der Waals surface area contributed by atoms with E-state index >= 15 is 0 Å². The van der Waals surface area contributed by atoms with Crippen molar-refractivity contribution in [3.63, 3.8) is 0 Å². The fraction of sp³-hybridized carbons (Fsp3) is 0.318. The fourth-order valence-electron chi connectivity index (χ4n) is 3.51. The van der Waals surface area contributed by atoms with E-state index in [2.05, 4.69) is 36.2 Å². The van der Waals surface area contributed by atoms with Crippen molar-refractivity contribution in [2.45, 2.75) is 25.3 Å². The van der Waals surface area contributed by atoms with Crippen LogP contribution in [0.3, 0.4) is 0 Å². The second-order valence-corrected chi connectivity index (χ2v) is 8.86. The molecule has 3 N–H and O–H groups in total. The van der Waals surface area contributed by atoms with Crippen LogP contribution in [0.2, 0.25) is 0 Å². The highest BCUT2D eigenvalue weighted by Gasteiger charge is 2.29. The van der Waals surface area contributed by atoms with Crippen molar-refractivity contribution in [2.24, 2.45) is 11.8 Å². The van der Waals surface area contributed by atoms with E-state index in [1.807, 2.05) is 11.4 Å². The van der Waals surface area contributed by atoms with E-state index in [1.54, 1.807) is 24.5 Å². The number of allylic oxidation sites excluding steroid dienone is 2. The summed E-state index contributed by atoms with van der Waals surface area (Å²) in [7, 11) is 1.36. The minimum absolute atomic E-state index is 0.00856. The molecule has 11 nitrogen and oxygen atoms in total. The summed E-state index contributed by atoms with van der Waals surface area (Å²) in [5.41, 5.74) is 2.49. The molecule has 2 amide bonds. The third kappa shape index (κ3) is 5.07. The van der Waals surface area contributed by atoms with Crippen LogP contribution in [-0.2, 0) is 14.3 Å². The van der Waals surface area contributed by atoms with Gasteiger partial charge in [0, 0.05) is 24.5 Å². The van der Waals surface area contributed by atoms with Gasteiger partial charge in [-0.25, -0.2) is 4.98 Å². The largest absolute Gasteiger partial charge is 0.376 e. The summed E-state index contributed by atoms with van der Waals surface area (Å²) < 4.78 is 14.1. The number of thiophene rings is 1. The zero-order chi connectivity index (χ0) is 24.4. The molecule has 34 heavy (non-hydrogen) atoms. The molecule has 5 rings (SSSR count). The van der Waals surface area contributed by atoms with Gasteiger partial charge >= 0.3 is 0 Å². The first-order valence-electron chi connectivity index (χ1n) is 11.2. The number of hydrogen-bond acceptors (Lipinski definition) is 9. The van der Waals surface area contributed by atoms with Crippen LogP contribution >= 0.6 is 11.3 Å². The van der Waals surface area contributed by atoms with Gasteiger partial charge in [0.15, 0.2) is 0 Å². The van der Waals surface area contributed by atoms with Crippen LogP contribution in [0.5, 0.6) is 0 Å². The molecule has 2 atom stereocenters.